The van der Waals surface area contributed by atoms with Crippen molar-refractivity contribution in [2.45, 2.75) is 32.4 Å². The summed E-state index contributed by atoms with van der Waals surface area (Å²) in [5.41, 5.74) is 1.88. The van der Waals surface area contributed by atoms with E-state index in [2.05, 4.69) is 15.7 Å². The van der Waals surface area contributed by atoms with Crippen LogP contribution in [-0.4, -0.2) is 33.6 Å². The zero-order valence-corrected chi connectivity index (χ0v) is 12.7. The lowest BCUT2D eigenvalue weighted by Gasteiger charge is -2.11. The van der Waals surface area contributed by atoms with Crippen molar-refractivity contribution in [2.24, 2.45) is 0 Å². The number of carbonyl (C=O) groups is 1. The van der Waals surface area contributed by atoms with Crippen molar-refractivity contribution < 1.29 is 9.90 Å². The smallest absolute Gasteiger partial charge is 0.315 e. The zero-order chi connectivity index (χ0) is 15.8. The molecule has 0 saturated heterocycles. The van der Waals surface area contributed by atoms with Crippen LogP contribution in [0.2, 0.25) is 0 Å². The molecule has 2 rings (SSSR count). The first-order valence-corrected chi connectivity index (χ1v) is 7.47. The third-order valence-corrected chi connectivity index (χ3v) is 3.23. The SMILES string of the molecule is CCCC(O)CNC(=O)NCc1cnn(-c2ccccc2)c1. The molecule has 1 atom stereocenters. The predicted molar refractivity (Wildman–Crippen MR) is 84.7 cm³/mol. The minimum absolute atomic E-state index is 0.267. The van der Waals surface area contributed by atoms with Gasteiger partial charge in [0.2, 0.25) is 0 Å². The lowest BCUT2D eigenvalue weighted by molar-refractivity contribution is 0.160. The molecule has 22 heavy (non-hydrogen) atoms. The van der Waals surface area contributed by atoms with E-state index < -0.39 is 6.10 Å². The first-order valence-electron chi connectivity index (χ1n) is 7.47. The number of amides is 2. The van der Waals surface area contributed by atoms with Crippen molar-refractivity contribution in [1.29, 1.82) is 0 Å². The fourth-order valence-corrected chi connectivity index (χ4v) is 2.06. The minimum atomic E-state index is -0.489. The van der Waals surface area contributed by atoms with Crippen LogP contribution < -0.4 is 10.6 Å². The van der Waals surface area contributed by atoms with E-state index in [0.717, 1.165) is 17.7 Å². The van der Waals surface area contributed by atoms with Crippen LogP contribution in [0, 0.1) is 0 Å². The number of nitrogens with zero attached hydrogens (tertiary/aromatic N) is 2. The third kappa shape index (κ3) is 4.89. The molecule has 6 heteroatoms. The fourth-order valence-electron chi connectivity index (χ4n) is 2.06. The van der Waals surface area contributed by atoms with Gasteiger partial charge in [0, 0.05) is 24.8 Å². The van der Waals surface area contributed by atoms with Crippen LogP contribution in [0.5, 0.6) is 0 Å². The summed E-state index contributed by atoms with van der Waals surface area (Å²) in [5, 5.41) is 19.2. The van der Waals surface area contributed by atoms with Gasteiger partial charge in [-0.25, -0.2) is 9.48 Å². The molecule has 0 saturated carbocycles. The molecule has 2 amide bonds. The number of carbonyl (C=O) groups excluding carboxylic acids is 1. The van der Waals surface area contributed by atoms with Gasteiger partial charge >= 0.3 is 6.03 Å². The number of aliphatic hydroxyl groups is 1. The standard InChI is InChI=1S/C16H22N4O2/c1-2-6-15(21)11-18-16(22)17-9-13-10-19-20(12-13)14-7-4-3-5-8-14/h3-5,7-8,10,12,15,21H,2,6,9,11H2,1H3,(H2,17,18,22). The molecular formula is C16H22N4O2. The Morgan fingerprint density at radius 1 is 1.32 bits per heavy atom. The van der Waals surface area contributed by atoms with E-state index in [1.54, 1.807) is 10.9 Å². The average Bonchev–Trinajstić information content (AvgIpc) is 3.01. The number of nitrogens with one attached hydrogen (secondary N) is 2. The quantitative estimate of drug-likeness (QED) is 0.730. The Bertz CT molecular complexity index is 583. The summed E-state index contributed by atoms with van der Waals surface area (Å²) in [4.78, 5) is 11.6. The van der Waals surface area contributed by atoms with Gasteiger partial charge in [-0.3, -0.25) is 0 Å². The Morgan fingerprint density at radius 2 is 2.09 bits per heavy atom. The number of hydrogen-bond acceptors (Lipinski definition) is 3. The van der Waals surface area contributed by atoms with Crippen molar-refractivity contribution >= 4 is 6.03 Å². The zero-order valence-electron chi connectivity index (χ0n) is 12.7. The lowest BCUT2D eigenvalue weighted by atomic mass is 10.2. The number of aromatic nitrogens is 2. The Morgan fingerprint density at radius 3 is 2.82 bits per heavy atom. The molecule has 1 aromatic heterocycles. The van der Waals surface area contributed by atoms with Crippen LogP contribution in [0.1, 0.15) is 25.3 Å². The van der Waals surface area contributed by atoms with E-state index in [9.17, 15) is 9.90 Å². The van der Waals surface area contributed by atoms with E-state index in [-0.39, 0.29) is 12.6 Å². The van der Waals surface area contributed by atoms with Crippen molar-refractivity contribution in [1.82, 2.24) is 20.4 Å². The Balaban J connectivity index is 1.78. The highest BCUT2D eigenvalue weighted by molar-refractivity contribution is 5.73. The van der Waals surface area contributed by atoms with Gasteiger partial charge in [-0.05, 0) is 18.6 Å². The van der Waals surface area contributed by atoms with Gasteiger partial charge in [0.25, 0.3) is 0 Å². The van der Waals surface area contributed by atoms with E-state index >= 15 is 0 Å². The van der Waals surface area contributed by atoms with Crippen molar-refractivity contribution in [3.05, 3.63) is 48.3 Å². The summed E-state index contributed by atoms with van der Waals surface area (Å²) in [6.07, 6.45) is 4.69. The van der Waals surface area contributed by atoms with Gasteiger partial charge in [0.1, 0.15) is 0 Å². The molecule has 3 N–H and O–H groups in total. The Hall–Kier alpha value is -2.34. The topological polar surface area (TPSA) is 79.2 Å². The number of rotatable bonds is 7. The maximum absolute atomic E-state index is 11.6. The largest absolute Gasteiger partial charge is 0.391 e. The summed E-state index contributed by atoms with van der Waals surface area (Å²) < 4.78 is 1.76. The summed E-state index contributed by atoms with van der Waals surface area (Å²) in [6.45, 7) is 2.65. The molecule has 0 spiro atoms. The van der Waals surface area contributed by atoms with E-state index in [1.165, 1.54) is 0 Å². The molecule has 0 aliphatic heterocycles. The summed E-state index contributed by atoms with van der Waals surface area (Å²) in [7, 11) is 0. The van der Waals surface area contributed by atoms with Crippen LogP contribution in [0.4, 0.5) is 4.79 Å². The fraction of sp³-hybridized carbons (Fsp3) is 0.375. The third-order valence-electron chi connectivity index (χ3n) is 3.23. The van der Waals surface area contributed by atoms with Crippen LogP contribution in [0.15, 0.2) is 42.7 Å². The maximum atomic E-state index is 11.6. The molecule has 1 aromatic carbocycles. The summed E-state index contributed by atoms with van der Waals surface area (Å²) >= 11 is 0. The van der Waals surface area contributed by atoms with Crippen LogP contribution in [0.25, 0.3) is 5.69 Å². The number of hydrogen-bond donors (Lipinski definition) is 3. The molecule has 0 bridgehead atoms. The number of urea groups is 1. The average molecular weight is 302 g/mol. The predicted octanol–water partition coefficient (Wildman–Crippen LogP) is 1.83. The lowest BCUT2D eigenvalue weighted by Crippen LogP contribution is -2.39. The van der Waals surface area contributed by atoms with Crippen molar-refractivity contribution in [3.63, 3.8) is 0 Å². The highest BCUT2D eigenvalue weighted by Crippen LogP contribution is 2.07. The molecular weight excluding hydrogens is 280 g/mol. The normalized spacial score (nSPS) is 11.9. The van der Waals surface area contributed by atoms with Gasteiger partial charge < -0.3 is 15.7 Å². The number of benzene rings is 1. The molecule has 1 heterocycles. The van der Waals surface area contributed by atoms with Crippen molar-refractivity contribution in [2.75, 3.05) is 6.54 Å². The number of para-hydroxylation sites is 1. The molecule has 0 fully saturated rings. The second-order valence-corrected chi connectivity index (χ2v) is 5.13. The van der Waals surface area contributed by atoms with Crippen LogP contribution in [0.3, 0.4) is 0 Å². The van der Waals surface area contributed by atoms with E-state index in [1.807, 2.05) is 43.5 Å². The first-order chi connectivity index (χ1) is 10.7. The molecule has 2 aromatic rings. The second kappa shape index (κ2) is 8.19. The van der Waals surface area contributed by atoms with Crippen molar-refractivity contribution in [3.8, 4) is 5.69 Å². The van der Waals surface area contributed by atoms with Gasteiger partial charge in [-0.15, -0.1) is 0 Å². The molecule has 118 valence electrons. The minimum Gasteiger partial charge on any atom is -0.391 e. The maximum Gasteiger partial charge on any atom is 0.315 e. The van der Waals surface area contributed by atoms with Gasteiger partial charge in [0.05, 0.1) is 18.0 Å². The summed E-state index contributed by atoms with van der Waals surface area (Å²) in [6, 6.07) is 9.49. The molecule has 0 aliphatic rings. The molecule has 1 unspecified atom stereocenters. The van der Waals surface area contributed by atoms with Gasteiger partial charge in [0.15, 0.2) is 0 Å². The highest BCUT2D eigenvalue weighted by atomic mass is 16.3. The monoisotopic (exact) mass is 302 g/mol. The highest BCUT2D eigenvalue weighted by Gasteiger charge is 2.06. The van der Waals surface area contributed by atoms with Crippen LogP contribution >= 0.6 is 0 Å². The molecule has 0 aliphatic carbocycles. The van der Waals surface area contributed by atoms with E-state index in [0.29, 0.717) is 13.0 Å². The van der Waals surface area contributed by atoms with Gasteiger partial charge in [-0.2, -0.15) is 5.10 Å². The second-order valence-electron chi connectivity index (χ2n) is 5.13. The van der Waals surface area contributed by atoms with Crippen LogP contribution in [-0.2, 0) is 6.54 Å². The van der Waals surface area contributed by atoms with E-state index in [4.69, 9.17) is 0 Å². The Kier molecular flexibility index (Phi) is 5.97. The number of aliphatic hydroxyl groups excluding tert-OH is 1. The molecule has 6 nitrogen and oxygen atoms in total. The molecule has 0 radical (unpaired) electrons. The summed E-state index contributed by atoms with van der Waals surface area (Å²) in [5.74, 6) is 0. The van der Waals surface area contributed by atoms with Gasteiger partial charge in [-0.1, -0.05) is 31.5 Å². The first kappa shape index (κ1) is 16.0. The Labute approximate surface area is 130 Å².